The van der Waals surface area contributed by atoms with Gasteiger partial charge in [0.15, 0.2) is 0 Å². The number of benzene rings is 1. The highest BCUT2D eigenvalue weighted by atomic mass is 35.5. The van der Waals surface area contributed by atoms with E-state index in [1.54, 1.807) is 18.2 Å². The van der Waals surface area contributed by atoms with Crippen LogP contribution in [0.1, 0.15) is 82.5 Å². The van der Waals surface area contributed by atoms with E-state index in [1.165, 1.54) is 32.1 Å². The molecule has 0 spiro atoms. The smallest absolute Gasteiger partial charge is 0.411 e. The van der Waals surface area contributed by atoms with Gasteiger partial charge in [0.25, 0.3) is 5.91 Å². The molecule has 1 aliphatic heterocycles. The van der Waals surface area contributed by atoms with Crippen LogP contribution in [0.2, 0.25) is 5.02 Å². The Balaban J connectivity index is 1.36. The Kier molecular flexibility index (Phi) is 7.88. The minimum atomic E-state index is -0.450. The first kappa shape index (κ1) is 24.4. The second-order valence-electron chi connectivity index (χ2n) is 10.9. The maximum absolute atomic E-state index is 13.2. The topological polar surface area (TPSA) is 58.6 Å². The molecule has 3 fully saturated rings. The predicted molar refractivity (Wildman–Crippen MR) is 133 cm³/mol. The molecule has 1 N–H and O–H groups in total. The molecular formula is C27H39ClN2O3. The van der Waals surface area contributed by atoms with Crippen molar-refractivity contribution in [3.8, 4) is 0 Å². The monoisotopic (exact) mass is 474 g/mol. The largest absolute Gasteiger partial charge is 0.446 e. The highest BCUT2D eigenvalue weighted by Crippen LogP contribution is 2.37. The number of anilines is 1. The van der Waals surface area contributed by atoms with Crippen LogP contribution in [0, 0.1) is 29.6 Å². The van der Waals surface area contributed by atoms with Gasteiger partial charge in [0, 0.05) is 18.8 Å². The van der Waals surface area contributed by atoms with Crippen LogP contribution in [0.3, 0.4) is 0 Å². The summed E-state index contributed by atoms with van der Waals surface area (Å²) in [6, 6.07) is 5.14. The van der Waals surface area contributed by atoms with Crippen LogP contribution in [0.25, 0.3) is 0 Å². The lowest BCUT2D eigenvalue weighted by molar-refractivity contribution is 0.0126. The highest BCUT2D eigenvalue weighted by Gasteiger charge is 2.35. The van der Waals surface area contributed by atoms with Crippen LogP contribution in [0.15, 0.2) is 18.2 Å². The maximum atomic E-state index is 13.2. The van der Waals surface area contributed by atoms with E-state index in [-0.39, 0.29) is 12.0 Å². The summed E-state index contributed by atoms with van der Waals surface area (Å²) in [5.74, 6) is 2.84. The Morgan fingerprint density at radius 3 is 2.58 bits per heavy atom. The van der Waals surface area contributed by atoms with Gasteiger partial charge in [-0.25, -0.2) is 4.79 Å². The first-order valence-electron chi connectivity index (χ1n) is 12.9. The van der Waals surface area contributed by atoms with Crippen molar-refractivity contribution in [2.24, 2.45) is 29.6 Å². The molecule has 1 aromatic carbocycles. The van der Waals surface area contributed by atoms with Crippen molar-refractivity contribution in [1.29, 1.82) is 0 Å². The van der Waals surface area contributed by atoms with E-state index in [0.29, 0.717) is 39.9 Å². The minimum Gasteiger partial charge on any atom is -0.446 e. The number of ether oxygens (including phenoxy) is 1. The second-order valence-corrected chi connectivity index (χ2v) is 11.3. The number of hydrogen-bond donors (Lipinski definition) is 1. The van der Waals surface area contributed by atoms with Crippen molar-refractivity contribution in [3.05, 3.63) is 28.8 Å². The lowest BCUT2D eigenvalue weighted by atomic mass is 9.75. The molecule has 3 aliphatic rings. The molecule has 33 heavy (non-hydrogen) atoms. The van der Waals surface area contributed by atoms with Crippen molar-refractivity contribution in [2.45, 2.75) is 78.2 Å². The fourth-order valence-electron chi connectivity index (χ4n) is 6.26. The van der Waals surface area contributed by atoms with Gasteiger partial charge in [-0.1, -0.05) is 58.1 Å². The van der Waals surface area contributed by atoms with Crippen molar-refractivity contribution >= 4 is 29.3 Å². The van der Waals surface area contributed by atoms with Gasteiger partial charge in [-0.3, -0.25) is 10.1 Å². The summed E-state index contributed by atoms with van der Waals surface area (Å²) in [7, 11) is 0. The van der Waals surface area contributed by atoms with Gasteiger partial charge in [0.1, 0.15) is 6.10 Å². The summed E-state index contributed by atoms with van der Waals surface area (Å²) >= 11 is 6.50. The number of carbonyl (C=O) groups excluding carboxylic acids is 2. The minimum absolute atomic E-state index is 0.00545. The summed E-state index contributed by atoms with van der Waals surface area (Å²) in [5.41, 5.74) is 1.06. The van der Waals surface area contributed by atoms with Gasteiger partial charge >= 0.3 is 6.09 Å². The van der Waals surface area contributed by atoms with E-state index in [1.807, 2.05) is 4.90 Å². The van der Waals surface area contributed by atoms with E-state index in [0.717, 1.165) is 38.3 Å². The Hall–Kier alpha value is -1.75. The van der Waals surface area contributed by atoms with Crippen LogP contribution < -0.4 is 5.32 Å². The van der Waals surface area contributed by atoms with Crippen LogP contribution in [-0.4, -0.2) is 36.1 Å². The molecule has 0 bridgehead atoms. The zero-order valence-electron chi connectivity index (χ0n) is 20.3. The number of amides is 2. The number of hydrogen-bond acceptors (Lipinski definition) is 3. The molecule has 4 rings (SSSR count). The van der Waals surface area contributed by atoms with E-state index in [9.17, 15) is 9.59 Å². The number of piperidine rings is 1. The number of likely N-dealkylation sites (tertiary alicyclic amines) is 1. The van der Waals surface area contributed by atoms with Crippen molar-refractivity contribution in [1.82, 2.24) is 4.90 Å². The number of nitrogens with one attached hydrogen (secondary N) is 1. The molecule has 0 aromatic heterocycles. The van der Waals surface area contributed by atoms with Gasteiger partial charge in [-0.15, -0.1) is 0 Å². The van der Waals surface area contributed by atoms with Gasteiger partial charge in [0.05, 0.1) is 10.6 Å². The molecule has 5 nitrogen and oxygen atoms in total. The number of carbonyl (C=O) groups is 2. The molecule has 0 radical (unpaired) electrons. The first-order chi connectivity index (χ1) is 15.8. The van der Waals surface area contributed by atoms with Gasteiger partial charge in [-0.2, -0.15) is 0 Å². The molecule has 2 amide bonds. The predicted octanol–water partition coefficient (Wildman–Crippen LogP) is 7.00. The van der Waals surface area contributed by atoms with Crippen LogP contribution in [0.4, 0.5) is 10.5 Å². The average Bonchev–Trinajstić information content (AvgIpc) is 2.78. The van der Waals surface area contributed by atoms with Gasteiger partial charge in [0.2, 0.25) is 0 Å². The van der Waals surface area contributed by atoms with E-state index in [2.05, 4.69) is 26.1 Å². The summed E-state index contributed by atoms with van der Waals surface area (Å²) in [5, 5.41) is 3.19. The third-order valence-corrected chi connectivity index (χ3v) is 8.56. The Labute approximate surface area is 203 Å². The van der Waals surface area contributed by atoms with Crippen molar-refractivity contribution < 1.29 is 14.3 Å². The molecular weight excluding hydrogens is 436 g/mol. The number of nitrogens with zero attached hydrogens (tertiary/aromatic N) is 1. The molecule has 2 aliphatic carbocycles. The zero-order chi connectivity index (χ0) is 23.5. The lowest BCUT2D eigenvalue weighted by Crippen LogP contribution is -2.44. The number of fused-ring (bicyclic) bond motifs is 1. The second kappa shape index (κ2) is 10.7. The van der Waals surface area contributed by atoms with Crippen molar-refractivity contribution in [2.75, 3.05) is 18.4 Å². The molecule has 1 saturated heterocycles. The fraction of sp³-hybridized carbons (Fsp3) is 0.704. The summed E-state index contributed by atoms with van der Waals surface area (Å²) in [4.78, 5) is 27.7. The zero-order valence-corrected chi connectivity index (χ0v) is 21.1. The summed E-state index contributed by atoms with van der Waals surface area (Å²) in [6.45, 7) is 8.25. The normalized spacial score (nSPS) is 30.0. The van der Waals surface area contributed by atoms with E-state index < -0.39 is 6.09 Å². The average molecular weight is 475 g/mol. The molecule has 6 heteroatoms. The molecule has 182 valence electrons. The third-order valence-electron chi connectivity index (χ3n) is 8.24. The SMILES string of the molecule is CC1CC[C@@H](C(C)C)C(OC(=O)Nc2ccc(C(=O)N3CC[C@H]4CCCC[C@H]4C3)c(Cl)c2)C1. The quantitative estimate of drug-likeness (QED) is 0.510. The molecule has 2 unspecified atom stereocenters. The van der Waals surface area contributed by atoms with E-state index in [4.69, 9.17) is 16.3 Å². The summed E-state index contributed by atoms with van der Waals surface area (Å²) < 4.78 is 5.83. The molecule has 1 aromatic rings. The van der Waals surface area contributed by atoms with Crippen LogP contribution in [0.5, 0.6) is 0 Å². The number of rotatable bonds is 4. The molecule has 1 heterocycles. The van der Waals surface area contributed by atoms with Crippen molar-refractivity contribution in [3.63, 3.8) is 0 Å². The van der Waals surface area contributed by atoms with Crippen LogP contribution in [-0.2, 0) is 4.74 Å². The standard InChI is InChI=1S/C27H39ClN2O3/c1-17(2)22-10-8-18(3)14-25(22)33-27(32)29-21-9-11-23(24(28)15-21)26(31)30-13-12-19-6-4-5-7-20(19)16-30/h9,11,15,17-20,22,25H,4-8,10,12-14,16H2,1-3H3,(H,29,32)/t18?,19-,20+,22+,25?/m1/s1. The first-order valence-corrected chi connectivity index (χ1v) is 13.3. The third kappa shape index (κ3) is 5.85. The van der Waals surface area contributed by atoms with Crippen LogP contribution >= 0.6 is 11.6 Å². The molecule has 2 saturated carbocycles. The van der Waals surface area contributed by atoms with E-state index >= 15 is 0 Å². The Morgan fingerprint density at radius 1 is 1.09 bits per heavy atom. The highest BCUT2D eigenvalue weighted by molar-refractivity contribution is 6.34. The lowest BCUT2D eigenvalue weighted by Gasteiger charge is -2.41. The Bertz CT molecular complexity index is 858. The molecule has 5 atom stereocenters. The number of halogens is 1. The Morgan fingerprint density at radius 2 is 1.85 bits per heavy atom. The fourth-order valence-corrected chi connectivity index (χ4v) is 6.52. The van der Waals surface area contributed by atoms with Gasteiger partial charge < -0.3 is 9.64 Å². The van der Waals surface area contributed by atoms with Gasteiger partial charge in [-0.05, 0) is 73.5 Å². The summed E-state index contributed by atoms with van der Waals surface area (Å²) in [6.07, 6.45) is 8.91. The maximum Gasteiger partial charge on any atom is 0.411 e.